The number of fused-ring (bicyclic) bond motifs is 1. The number of amides is 1. The Labute approximate surface area is 171 Å². The molecule has 4 rings (SSSR count). The smallest absolute Gasteiger partial charge is 0.257 e. The number of benzene rings is 1. The molecule has 1 amide bonds. The van der Waals surface area contributed by atoms with Gasteiger partial charge in [0.2, 0.25) is 18.6 Å². The van der Waals surface area contributed by atoms with Crippen LogP contribution >= 0.6 is 11.3 Å². The van der Waals surface area contributed by atoms with Gasteiger partial charge in [0.15, 0.2) is 11.5 Å². The topological polar surface area (TPSA) is 86.9 Å². The van der Waals surface area contributed by atoms with Crippen molar-refractivity contribution in [2.45, 2.75) is 6.54 Å². The van der Waals surface area contributed by atoms with Gasteiger partial charge in [0.05, 0.1) is 18.0 Å². The van der Waals surface area contributed by atoms with E-state index in [0.717, 1.165) is 10.4 Å². The number of hydrogen-bond donors (Lipinski definition) is 0. The quantitative estimate of drug-likeness (QED) is 0.524. The number of carbonyl (C=O) groups excluding carboxylic acids is 1. The first kappa shape index (κ1) is 19.2. The van der Waals surface area contributed by atoms with E-state index < -0.39 is 0 Å². The van der Waals surface area contributed by atoms with E-state index in [9.17, 15) is 4.79 Å². The summed E-state index contributed by atoms with van der Waals surface area (Å²) in [7, 11) is 1.59. The van der Waals surface area contributed by atoms with Gasteiger partial charge in [0.25, 0.3) is 5.89 Å². The zero-order valence-corrected chi connectivity index (χ0v) is 16.6. The van der Waals surface area contributed by atoms with Crippen LogP contribution in [0.3, 0.4) is 0 Å². The first-order valence-electron chi connectivity index (χ1n) is 8.95. The van der Waals surface area contributed by atoms with Crippen molar-refractivity contribution >= 4 is 23.3 Å². The molecule has 0 fully saturated rings. The van der Waals surface area contributed by atoms with Crippen LogP contribution in [0.2, 0.25) is 0 Å². The van der Waals surface area contributed by atoms with Crippen LogP contribution in [0.1, 0.15) is 11.5 Å². The van der Waals surface area contributed by atoms with Crippen molar-refractivity contribution in [3.63, 3.8) is 0 Å². The summed E-state index contributed by atoms with van der Waals surface area (Å²) < 4.78 is 21.5. The number of methoxy groups -OCH3 is 1. The highest BCUT2D eigenvalue weighted by atomic mass is 32.1. The number of carbonyl (C=O) groups is 1. The SMILES string of the molecule is COCCN(Cc1nnc(-c2cccs2)o1)C(=O)/C=C/c1ccc2c(c1)OCO2. The molecule has 0 bridgehead atoms. The first-order chi connectivity index (χ1) is 14.2. The van der Waals surface area contributed by atoms with Crippen LogP contribution in [0.5, 0.6) is 11.5 Å². The van der Waals surface area contributed by atoms with E-state index in [1.807, 2.05) is 35.7 Å². The van der Waals surface area contributed by atoms with Gasteiger partial charge in [-0.25, -0.2) is 0 Å². The van der Waals surface area contributed by atoms with Crippen molar-refractivity contribution in [2.24, 2.45) is 0 Å². The zero-order chi connectivity index (χ0) is 20.1. The highest BCUT2D eigenvalue weighted by Crippen LogP contribution is 2.32. The minimum atomic E-state index is -0.185. The second-order valence-corrected chi connectivity index (χ2v) is 7.12. The molecule has 1 aromatic carbocycles. The van der Waals surface area contributed by atoms with Crippen LogP contribution in [0.4, 0.5) is 0 Å². The van der Waals surface area contributed by atoms with Gasteiger partial charge >= 0.3 is 0 Å². The van der Waals surface area contributed by atoms with E-state index in [0.29, 0.717) is 36.4 Å². The molecule has 8 nitrogen and oxygen atoms in total. The second-order valence-electron chi connectivity index (χ2n) is 6.18. The summed E-state index contributed by atoms with van der Waals surface area (Å²) in [5, 5.41) is 10.1. The summed E-state index contributed by atoms with van der Waals surface area (Å²) in [4.78, 5) is 15.2. The molecule has 1 aliphatic rings. The molecule has 0 saturated carbocycles. The van der Waals surface area contributed by atoms with Gasteiger partial charge in [-0.05, 0) is 35.2 Å². The molecule has 1 aliphatic heterocycles. The van der Waals surface area contributed by atoms with Gasteiger partial charge < -0.3 is 23.5 Å². The molecule has 3 aromatic rings. The predicted molar refractivity (Wildman–Crippen MR) is 107 cm³/mol. The zero-order valence-electron chi connectivity index (χ0n) is 15.7. The first-order valence-corrected chi connectivity index (χ1v) is 9.83. The fourth-order valence-electron chi connectivity index (χ4n) is 2.74. The van der Waals surface area contributed by atoms with Gasteiger partial charge in [-0.15, -0.1) is 21.5 Å². The maximum Gasteiger partial charge on any atom is 0.257 e. The van der Waals surface area contributed by atoms with Gasteiger partial charge in [-0.1, -0.05) is 12.1 Å². The second kappa shape index (κ2) is 8.89. The molecule has 29 heavy (non-hydrogen) atoms. The third-order valence-electron chi connectivity index (χ3n) is 4.22. The average Bonchev–Trinajstić information content (AvgIpc) is 3.49. The third-order valence-corrected chi connectivity index (χ3v) is 5.07. The maximum atomic E-state index is 12.7. The Hall–Kier alpha value is -3.17. The Kier molecular flexibility index (Phi) is 5.87. The van der Waals surface area contributed by atoms with E-state index in [2.05, 4.69) is 10.2 Å². The van der Waals surface area contributed by atoms with Gasteiger partial charge in [-0.3, -0.25) is 4.79 Å². The lowest BCUT2D eigenvalue weighted by atomic mass is 10.2. The lowest BCUT2D eigenvalue weighted by Gasteiger charge is -2.18. The summed E-state index contributed by atoms with van der Waals surface area (Å²) in [5.74, 6) is 2.01. The lowest BCUT2D eigenvalue weighted by molar-refractivity contribution is -0.127. The van der Waals surface area contributed by atoms with Crippen LogP contribution in [0.25, 0.3) is 16.8 Å². The summed E-state index contributed by atoms with van der Waals surface area (Å²) in [5.41, 5.74) is 0.840. The molecule has 0 saturated heterocycles. The monoisotopic (exact) mass is 413 g/mol. The average molecular weight is 413 g/mol. The predicted octanol–water partition coefficient (Wildman–Crippen LogP) is 3.22. The van der Waals surface area contributed by atoms with Crippen molar-refractivity contribution in [3.8, 4) is 22.3 Å². The number of nitrogens with zero attached hydrogens (tertiary/aromatic N) is 3. The molecule has 150 valence electrons. The highest BCUT2D eigenvalue weighted by Gasteiger charge is 2.17. The third kappa shape index (κ3) is 4.64. The molecule has 0 N–H and O–H groups in total. The molecule has 0 radical (unpaired) electrons. The minimum absolute atomic E-state index is 0.185. The Morgan fingerprint density at radius 2 is 2.17 bits per heavy atom. The van der Waals surface area contributed by atoms with Gasteiger partial charge in [0.1, 0.15) is 0 Å². The molecule has 9 heteroatoms. The number of aromatic nitrogens is 2. The van der Waals surface area contributed by atoms with E-state index in [1.165, 1.54) is 17.4 Å². The molecule has 3 heterocycles. The van der Waals surface area contributed by atoms with Crippen molar-refractivity contribution in [1.82, 2.24) is 15.1 Å². The lowest BCUT2D eigenvalue weighted by Crippen LogP contribution is -2.32. The van der Waals surface area contributed by atoms with Crippen molar-refractivity contribution in [1.29, 1.82) is 0 Å². The van der Waals surface area contributed by atoms with E-state index >= 15 is 0 Å². The van der Waals surface area contributed by atoms with Crippen molar-refractivity contribution < 1.29 is 23.4 Å². The maximum absolute atomic E-state index is 12.7. The summed E-state index contributed by atoms with van der Waals surface area (Å²) in [6.07, 6.45) is 3.23. The van der Waals surface area contributed by atoms with Crippen molar-refractivity contribution in [3.05, 3.63) is 53.2 Å². The fraction of sp³-hybridized carbons (Fsp3) is 0.250. The normalized spacial score (nSPS) is 12.6. The fourth-order valence-corrected chi connectivity index (χ4v) is 3.38. The van der Waals surface area contributed by atoms with Crippen LogP contribution in [0.15, 0.2) is 46.2 Å². The Morgan fingerprint density at radius 1 is 1.28 bits per heavy atom. The summed E-state index contributed by atoms with van der Waals surface area (Å²) >= 11 is 1.52. The van der Waals surface area contributed by atoms with Crippen LogP contribution in [-0.4, -0.2) is 48.1 Å². The number of ether oxygens (including phenoxy) is 3. The van der Waals surface area contributed by atoms with Crippen LogP contribution in [-0.2, 0) is 16.1 Å². The van der Waals surface area contributed by atoms with E-state index in [1.54, 1.807) is 18.1 Å². The molecular formula is C20H19N3O5S. The van der Waals surface area contributed by atoms with Gasteiger partial charge in [0, 0.05) is 19.7 Å². The standard InChI is InChI=1S/C20H19N3O5S/c1-25-9-8-23(12-18-21-22-20(28-18)17-3-2-10-29-17)19(24)7-5-14-4-6-15-16(11-14)27-13-26-15/h2-7,10-11H,8-9,12-13H2,1H3/b7-5+. The Morgan fingerprint density at radius 3 is 3.00 bits per heavy atom. The molecule has 0 unspecified atom stereocenters. The number of thiophene rings is 1. The van der Waals surface area contributed by atoms with E-state index in [-0.39, 0.29) is 19.2 Å². The summed E-state index contributed by atoms with van der Waals surface area (Å²) in [6, 6.07) is 9.34. The molecular weight excluding hydrogens is 394 g/mol. The number of hydrogen-bond acceptors (Lipinski definition) is 8. The number of rotatable bonds is 8. The Bertz CT molecular complexity index is 999. The van der Waals surface area contributed by atoms with Crippen LogP contribution in [0, 0.1) is 0 Å². The molecule has 0 aliphatic carbocycles. The minimum Gasteiger partial charge on any atom is -0.454 e. The largest absolute Gasteiger partial charge is 0.454 e. The van der Waals surface area contributed by atoms with Gasteiger partial charge in [-0.2, -0.15) is 0 Å². The van der Waals surface area contributed by atoms with Crippen LogP contribution < -0.4 is 9.47 Å². The summed E-state index contributed by atoms with van der Waals surface area (Å²) in [6.45, 7) is 1.21. The molecule has 0 spiro atoms. The highest BCUT2D eigenvalue weighted by molar-refractivity contribution is 7.13. The molecule has 2 aromatic heterocycles. The van der Waals surface area contributed by atoms with E-state index in [4.69, 9.17) is 18.6 Å². The molecule has 0 atom stereocenters. The Balaban J connectivity index is 1.45. The van der Waals surface area contributed by atoms with Crippen molar-refractivity contribution in [2.75, 3.05) is 27.1 Å².